The highest BCUT2D eigenvalue weighted by Crippen LogP contribution is 2.30. The molecule has 3 aromatic rings. The Hall–Kier alpha value is -2.86. The Bertz CT molecular complexity index is 1020. The highest BCUT2D eigenvalue weighted by Gasteiger charge is 2.22. The zero-order valence-electron chi connectivity index (χ0n) is 14.5. The number of fused-ring (bicyclic) bond motifs is 1. The number of nitrogens with zero attached hydrogens (tertiary/aromatic N) is 3. The topological polar surface area (TPSA) is 67.8 Å². The minimum atomic E-state index is -0.378. The maximum Gasteiger partial charge on any atom is 0.251 e. The molecule has 1 aliphatic heterocycles. The molecule has 1 aromatic carbocycles. The van der Waals surface area contributed by atoms with Crippen molar-refractivity contribution in [1.82, 2.24) is 20.5 Å². The summed E-state index contributed by atoms with van der Waals surface area (Å²) in [7, 11) is 0. The van der Waals surface area contributed by atoms with Crippen LogP contribution in [0.4, 0.5) is 4.39 Å². The molecular formula is C20H16ClFN4O. The average molecular weight is 383 g/mol. The molecule has 0 saturated heterocycles. The number of carbonyl (C=O) groups is 1. The first-order valence-corrected chi connectivity index (χ1v) is 8.96. The van der Waals surface area contributed by atoms with Gasteiger partial charge in [0.2, 0.25) is 0 Å². The second kappa shape index (κ2) is 7.04. The van der Waals surface area contributed by atoms with Gasteiger partial charge in [0.25, 0.3) is 5.91 Å². The largest absolute Gasteiger partial charge is 0.352 e. The third kappa shape index (κ3) is 3.40. The summed E-state index contributed by atoms with van der Waals surface area (Å²) < 4.78 is 13.7. The lowest BCUT2D eigenvalue weighted by atomic mass is 9.92. The lowest BCUT2D eigenvalue weighted by molar-refractivity contribution is 0.0946. The third-order valence-corrected chi connectivity index (χ3v) is 4.98. The van der Waals surface area contributed by atoms with E-state index in [4.69, 9.17) is 11.6 Å². The van der Waals surface area contributed by atoms with E-state index in [1.54, 1.807) is 24.5 Å². The van der Waals surface area contributed by atoms with E-state index in [2.05, 4.69) is 20.5 Å². The number of hydrogen-bond acceptors (Lipinski definition) is 4. The number of benzene rings is 1. The van der Waals surface area contributed by atoms with E-state index >= 15 is 0 Å². The van der Waals surface area contributed by atoms with Crippen molar-refractivity contribution in [2.75, 3.05) is 6.54 Å². The molecule has 0 spiro atoms. The SMILES string of the molecule is CC(c1cc(F)cc(Cl)c1)c1cnnc(-c2nccc3c2CCNC3=O)c1. The Morgan fingerprint density at radius 1 is 1.22 bits per heavy atom. The van der Waals surface area contributed by atoms with E-state index in [0.717, 1.165) is 16.7 Å². The van der Waals surface area contributed by atoms with E-state index in [-0.39, 0.29) is 17.6 Å². The van der Waals surface area contributed by atoms with Crippen LogP contribution in [-0.4, -0.2) is 27.6 Å². The fourth-order valence-corrected chi connectivity index (χ4v) is 3.56. The van der Waals surface area contributed by atoms with Crippen LogP contribution in [0.3, 0.4) is 0 Å². The summed E-state index contributed by atoms with van der Waals surface area (Å²) in [4.78, 5) is 16.5. The molecule has 0 saturated carbocycles. The Balaban J connectivity index is 1.76. The van der Waals surface area contributed by atoms with Crippen molar-refractivity contribution in [2.24, 2.45) is 0 Å². The second-order valence-electron chi connectivity index (χ2n) is 6.49. The number of rotatable bonds is 3. The van der Waals surface area contributed by atoms with Gasteiger partial charge in [-0.2, -0.15) is 5.10 Å². The molecular weight excluding hydrogens is 367 g/mol. The molecule has 2 aromatic heterocycles. The number of nitrogens with one attached hydrogen (secondary N) is 1. The minimum Gasteiger partial charge on any atom is -0.352 e. The van der Waals surface area contributed by atoms with Gasteiger partial charge in [0, 0.05) is 29.2 Å². The molecule has 27 heavy (non-hydrogen) atoms. The summed E-state index contributed by atoms with van der Waals surface area (Å²) in [5.41, 5.74) is 4.34. The van der Waals surface area contributed by atoms with Crippen LogP contribution in [0.2, 0.25) is 5.02 Å². The van der Waals surface area contributed by atoms with Crippen molar-refractivity contribution < 1.29 is 9.18 Å². The highest BCUT2D eigenvalue weighted by atomic mass is 35.5. The van der Waals surface area contributed by atoms with Crippen LogP contribution in [-0.2, 0) is 6.42 Å². The lowest BCUT2D eigenvalue weighted by Crippen LogP contribution is -2.32. The zero-order chi connectivity index (χ0) is 19.0. The van der Waals surface area contributed by atoms with Gasteiger partial charge in [0.1, 0.15) is 11.5 Å². The Morgan fingerprint density at radius 3 is 2.89 bits per heavy atom. The summed E-state index contributed by atoms with van der Waals surface area (Å²) in [6, 6.07) is 8.07. The predicted octanol–water partition coefficient (Wildman–Crippen LogP) is 3.77. The molecule has 1 N–H and O–H groups in total. The molecule has 136 valence electrons. The molecule has 0 fully saturated rings. The van der Waals surface area contributed by atoms with Crippen LogP contribution in [0.1, 0.15) is 39.9 Å². The van der Waals surface area contributed by atoms with Crippen LogP contribution in [0.25, 0.3) is 11.4 Å². The maximum absolute atomic E-state index is 13.7. The molecule has 0 aliphatic carbocycles. The van der Waals surface area contributed by atoms with E-state index < -0.39 is 0 Å². The number of carbonyl (C=O) groups excluding carboxylic acids is 1. The van der Waals surface area contributed by atoms with Crippen LogP contribution < -0.4 is 5.32 Å². The summed E-state index contributed by atoms with van der Waals surface area (Å²) in [5, 5.41) is 11.5. The monoisotopic (exact) mass is 382 g/mol. The first-order valence-electron chi connectivity index (χ1n) is 8.58. The van der Waals surface area contributed by atoms with Crippen molar-refractivity contribution in [3.63, 3.8) is 0 Å². The van der Waals surface area contributed by atoms with Gasteiger partial charge in [-0.15, -0.1) is 5.10 Å². The Labute approximate surface area is 160 Å². The van der Waals surface area contributed by atoms with Crippen molar-refractivity contribution >= 4 is 17.5 Å². The summed E-state index contributed by atoms with van der Waals surface area (Å²) >= 11 is 5.99. The summed E-state index contributed by atoms with van der Waals surface area (Å²) in [5.74, 6) is -0.613. The quantitative estimate of drug-likeness (QED) is 0.748. The molecule has 5 nitrogen and oxygen atoms in total. The molecule has 1 atom stereocenters. The molecule has 3 heterocycles. The lowest BCUT2D eigenvalue weighted by Gasteiger charge is -2.19. The summed E-state index contributed by atoms with van der Waals surface area (Å²) in [6.07, 6.45) is 3.93. The van der Waals surface area contributed by atoms with Crippen LogP contribution in [0.15, 0.2) is 42.7 Å². The zero-order valence-corrected chi connectivity index (χ0v) is 15.3. The number of pyridine rings is 1. The number of aromatic nitrogens is 3. The Kier molecular flexibility index (Phi) is 4.58. The van der Waals surface area contributed by atoms with Crippen molar-refractivity contribution in [1.29, 1.82) is 0 Å². The van der Waals surface area contributed by atoms with E-state index in [9.17, 15) is 9.18 Å². The van der Waals surface area contributed by atoms with Crippen LogP contribution >= 0.6 is 11.6 Å². The van der Waals surface area contributed by atoms with Gasteiger partial charge in [-0.3, -0.25) is 9.78 Å². The summed E-state index contributed by atoms with van der Waals surface area (Å²) in [6.45, 7) is 2.52. The number of halogens is 2. The van der Waals surface area contributed by atoms with Gasteiger partial charge >= 0.3 is 0 Å². The van der Waals surface area contributed by atoms with Gasteiger partial charge in [-0.1, -0.05) is 18.5 Å². The molecule has 1 amide bonds. The average Bonchev–Trinajstić information content (AvgIpc) is 2.67. The van der Waals surface area contributed by atoms with Crippen LogP contribution in [0.5, 0.6) is 0 Å². The van der Waals surface area contributed by atoms with Crippen molar-refractivity contribution in [2.45, 2.75) is 19.3 Å². The van der Waals surface area contributed by atoms with Crippen LogP contribution in [0, 0.1) is 5.82 Å². The van der Waals surface area contributed by atoms with E-state index in [0.29, 0.717) is 34.9 Å². The normalized spacial score (nSPS) is 14.4. The van der Waals surface area contributed by atoms with Gasteiger partial charge in [0.05, 0.1) is 11.9 Å². The fraction of sp³-hybridized carbons (Fsp3) is 0.200. The molecule has 1 aliphatic rings. The first kappa shape index (κ1) is 17.5. The fourth-order valence-electron chi connectivity index (χ4n) is 3.33. The van der Waals surface area contributed by atoms with Gasteiger partial charge in [0.15, 0.2) is 0 Å². The van der Waals surface area contributed by atoms with E-state index in [1.807, 2.05) is 13.0 Å². The smallest absolute Gasteiger partial charge is 0.251 e. The third-order valence-electron chi connectivity index (χ3n) is 4.76. The highest BCUT2D eigenvalue weighted by molar-refractivity contribution is 6.30. The Morgan fingerprint density at radius 2 is 2.07 bits per heavy atom. The molecule has 0 bridgehead atoms. The maximum atomic E-state index is 13.7. The van der Waals surface area contributed by atoms with E-state index in [1.165, 1.54) is 12.1 Å². The molecule has 7 heteroatoms. The standard InChI is InChI=1S/C20H16ClFN4O/c1-11(12-6-14(21)9-15(22)7-12)13-8-18(26-25-10-13)19-16-2-5-24-20(27)17(16)3-4-23-19/h3-4,6-11H,2,5H2,1H3,(H,24,27). The van der Waals surface area contributed by atoms with Gasteiger partial charge in [-0.05, 0) is 53.4 Å². The van der Waals surface area contributed by atoms with Gasteiger partial charge < -0.3 is 5.32 Å². The number of hydrogen-bond donors (Lipinski definition) is 1. The van der Waals surface area contributed by atoms with Crippen molar-refractivity contribution in [3.05, 3.63) is 75.8 Å². The van der Waals surface area contributed by atoms with Crippen molar-refractivity contribution in [3.8, 4) is 11.4 Å². The predicted molar refractivity (Wildman–Crippen MR) is 100 cm³/mol. The second-order valence-corrected chi connectivity index (χ2v) is 6.93. The molecule has 1 unspecified atom stereocenters. The first-order chi connectivity index (χ1) is 13.0. The molecule has 4 rings (SSSR count). The van der Waals surface area contributed by atoms with Gasteiger partial charge in [-0.25, -0.2) is 4.39 Å². The number of amides is 1. The molecule has 0 radical (unpaired) electrons. The minimum absolute atomic E-state index is 0.105.